The molecule has 0 saturated carbocycles. The normalized spacial score (nSPS) is 17.4. The van der Waals surface area contributed by atoms with E-state index in [1.54, 1.807) is 20.3 Å². The van der Waals surface area contributed by atoms with E-state index in [2.05, 4.69) is 46.6 Å². The van der Waals surface area contributed by atoms with Crippen LogP contribution in [0.2, 0.25) is 10.0 Å². The Morgan fingerprint density at radius 3 is 2.55 bits per heavy atom. The number of piperidine rings is 1. The Labute approximate surface area is 313 Å². The van der Waals surface area contributed by atoms with E-state index in [-0.39, 0.29) is 11.3 Å². The fourth-order valence-corrected chi connectivity index (χ4v) is 8.67. The summed E-state index contributed by atoms with van der Waals surface area (Å²) in [4.78, 5) is 12.6. The van der Waals surface area contributed by atoms with E-state index in [0.717, 1.165) is 83.7 Å². The molecule has 0 amide bonds. The van der Waals surface area contributed by atoms with Gasteiger partial charge in [-0.05, 0) is 79.8 Å². The van der Waals surface area contributed by atoms with Gasteiger partial charge in [-0.2, -0.15) is 5.14 Å². The van der Waals surface area contributed by atoms with Gasteiger partial charge in [0.05, 0.1) is 29.8 Å². The molecule has 1 fully saturated rings. The maximum absolute atomic E-state index is 12.6. The lowest BCUT2D eigenvalue weighted by Crippen LogP contribution is -2.46. The monoisotopic (exact) mass is 743 g/mol. The molecule has 2 aliphatic rings. The first-order valence-corrected chi connectivity index (χ1v) is 19.2. The van der Waals surface area contributed by atoms with Crippen LogP contribution in [-0.4, -0.2) is 46.6 Å². The third-order valence-corrected chi connectivity index (χ3v) is 13.0. The number of halogens is 2. The zero-order valence-electron chi connectivity index (χ0n) is 29.3. The Hall–Kier alpha value is -3.73. The molecule has 0 radical (unpaired) electrons. The van der Waals surface area contributed by atoms with Gasteiger partial charge in [-0.3, -0.25) is 4.98 Å². The van der Waals surface area contributed by atoms with Crippen molar-refractivity contribution in [3.63, 3.8) is 0 Å². The fourth-order valence-electron chi connectivity index (χ4n) is 7.93. The van der Waals surface area contributed by atoms with E-state index >= 15 is 0 Å². The highest BCUT2D eigenvalue weighted by molar-refractivity contribution is 7.90. The van der Waals surface area contributed by atoms with Crippen LogP contribution in [0.15, 0.2) is 79.0 Å². The topological polar surface area (TPSA) is 109 Å². The molecule has 266 valence electrons. The molecule has 1 unspecified atom stereocenters. The smallest absolute Gasteiger partial charge is 0.140 e. The number of pyridine rings is 2. The molecule has 1 spiro atoms. The van der Waals surface area contributed by atoms with Crippen molar-refractivity contribution in [3.05, 3.63) is 106 Å². The fraction of sp³-hybridized carbons (Fsp3) is 0.350. The highest BCUT2D eigenvalue weighted by Crippen LogP contribution is 2.56. The van der Waals surface area contributed by atoms with E-state index in [1.165, 1.54) is 11.1 Å². The molecule has 0 bridgehead atoms. The molecule has 1 saturated heterocycles. The number of aromatic nitrogens is 2. The minimum Gasteiger partial charge on any atom is -0.598 e. The number of hydrogen-bond acceptors (Lipinski definition) is 8. The Morgan fingerprint density at radius 1 is 1.02 bits per heavy atom. The number of nitrogens with two attached hydrogens (primary N) is 1. The molecule has 3 heterocycles. The first kappa shape index (κ1) is 35.7. The summed E-state index contributed by atoms with van der Waals surface area (Å²) in [5.41, 5.74) is 6.30. The van der Waals surface area contributed by atoms with Crippen molar-refractivity contribution in [2.24, 2.45) is 10.6 Å². The number of hydrogen-bond donors (Lipinski definition) is 2. The van der Waals surface area contributed by atoms with E-state index < -0.39 is 16.1 Å². The molecule has 5 aromatic rings. The second-order valence-corrected chi connectivity index (χ2v) is 16.8. The second kappa shape index (κ2) is 14.4. The molecule has 8 nitrogen and oxygen atoms in total. The number of anilines is 2. The average molecular weight is 745 g/mol. The summed E-state index contributed by atoms with van der Waals surface area (Å²) in [6, 6.07) is 24.3. The van der Waals surface area contributed by atoms with Crippen LogP contribution in [0.3, 0.4) is 0 Å². The van der Waals surface area contributed by atoms with Crippen LogP contribution < -0.4 is 24.8 Å². The third kappa shape index (κ3) is 6.94. The summed E-state index contributed by atoms with van der Waals surface area (Å²) < 4.78 is 23.2. The predicted octanol–water partition coefficient (Wildman–Crippen LogP) is 8.95. The molecular formula is C40H43Cl2N5O3S. The van der Waals surface area contributed by atoms with Crippen LogP contribution in [0, 0.1) is 5.41 Å². The lowest BCUT2D eigenvalue weighted by Gasteiger charge is -2.45. The van der Waals surface area contributed by atoms with Crippen molar-refractivity contribution >= 4 is 57.1 Å². The summed E-state index contributed by atoms with van der Waals surface area (Å²) >= 11 is 11.6. The number of methoxy groups -OCH3 is 2. The van der Waals surface area contributed by atoms with Gasteiger partial charge in [-0.15, -0.1) is 0 Å². The van der Waals surface area contributed by atoms with Gasteiger partial charge in [-0.1, -0.05) is 59.6 Å². The number of benzene rings is 3. The standard InChI is InChI=1S/C40H43Cl2N5O3S/c1-39(2,51(43)48)22-32-29-9-6-5-8-25(29)21-40(32)14-16-47(17-15-40)36-20-34-31(18-27(24-44-34)30-10-7-11-33(41)37(30)42)38(46-36)45-23-26-12-13-28(49-3)19-35(26)50-4/h5-13,18-20,24,32H,14-17,21-23,43H2,1-4H3,(H,45,46)/t32-,51?/m1/s1. The van der Waals surface area contributed by atoms with Crippen molar-refractivity contribution in [2.75, 3.05) is 37.5 Å². The lowest BCUT2D eigenvalue weighted by molar-refractivity contribution is 0.170. The lowest BCUT2D eigenvalue weighted by atomic mass is 9.66. The van der Waals surface area contributed by atoms with Crippen LogP contribution in [0.25, 0.3) is 22.0 Å². The molecule has 1 aliphatic carbocycles. The van der Waals surface area contributed by atoms with E-state index in [1.807, 2.05) is 50.4 Å². The van der Waals surface area contributed by atoms with Crippen LogP contribution in [-0.2, 0) is 24.3 Å². The van der Waals surface area contributed by atoms with Crippen LogP contribution >= 0.6 is 23.2 Å². The Kier molecular flexibility index (Phi) is 10.0. The van der Waals surface area contributed by atoms with Gasteiger partial charge in [0.2, 0.25) is 0 Å². The zero-order chi connectivity index (χ0) is 35.9. The largest absolute Gasteiger partial charge is 0.598 e. The van der Waals surface area contributed by atoms with E-state index in [0.29, 0.717) is 22.4 Å². The molecule has 2 aromatic heterocycles. The molecule has 7 rings (SSSR count). The molecule has 2 atom stereocenters. The van der Waals surface area contributed by atoms with Gasteiger partial charge < -0.3 is 24.2 Å². The van der Waals surface area contributed by atoms with Gasteiger partial charge >= 0.3 is 0 Å². The molecule has 3 N–H and O–H groups in total. The average Bonchev–Trinajstić information content (AvgIpc) is 3.42. The van der Waals surface area contributed by atoms with Gasteiger partial charge in [-0.25, -0.2) is 4.98 Å². The van der Waals surface area contributed by atoms with Crippen molar-refractivity contribution < 1.29 is 14.0 Å². The minimum atomic E-state index is -1.42. The van der Waals surface area contributed by atoms with Gasteiger partial charge in [0.1, 0.15) is 27.9 Å². The van der Waals surface area contributed by atoms with Crippen molar-refractivity contribution in [1.82, 2.24) is 9.97 Å². The molecule has 51 heavy (non-hydrogen) atoms. The Balaban J connectivity index is 1.22. The van der Waals surface area contributed by atoms with Crippen molar-refractivity contribution in [1.29, 1.82) is 0 Å². The summed E-state index contributed by atoms with van der Waals surface area (Å²) in [6.45, 7) is 6.22. The number of nitrogens with zero attached hydrogens (tertiary/aromatic N) is 3. The quantitative estimate of drug-likeness (QED) is 0.137. The maximum atomic E-state index is 12.6. The Morgan fingerprint density at radius 2 is 1.80 bits per heavy atom. The van der Waals surface area contributed by atoms with E-state index in [9.17, 15) is 4.55 Å². The number of fused-ring (bicyclic) bond motifs is 2. The highest BCUT2D eigenvalue weighted by Gasteiger charge is 2.50. The summed E-state index contributed by atoms with van der Waals surface area (Å²) in [7, 11) is 3.30. The SMILES string of the molecule is COc1ccc(CNc2nc(N3CCC4(CC3)Cc3ccccc3[C@H]4CC(C)(C)[S+](N)[O-])cc3ncc(-c4cccc(Cl)c4Cl)cc23)c(OC)c1. The second-order valence-electron chi connectivity index (χ2n) is 14.3. The van der Waals surface area contributed by atoms with Gasteiger partial charge in [0, 0.05) is 77.8 Å². The first-order valence-electron chi connectivity index (χ1n) is 17.2. The third-order valence-electron chi connectivity index (χ3n) is 10.9. The minimum absolute atomic E-state index is 0.0725. The summed E-state index contributed by atoms with van der Waals surface area (Å²) in [5, 5.41) is 11.5. The Bertz CT molecular complexity index is 2070. The number of nitrogens with one attached hydrogen (secondary N) is 1. The maximum Gasteiger partial charge on any atom is 0.140 e. The molecule has 11 heteroatoms. The number of ether oxygens (including phenoxy) is 2. The zero-order valence-corrected chi connectivity index (χ0v) is 31.7. The highest BCUT2D eigenvalue weighted by atomic mass is 35.5. The van der Waals surface area contributed by atoms with Crippen molar-refractivity contribution in [2.45, 2.75) is 56.7 Å². The summed E-state index contributed by atoms with van der Waals surface area (Å²) in [5.74, 6) is 3.33. The van der Waals surface area contributed by atoms with Gasteiger partial charge in [0.25, 0.3) is 0 Å². The van der Waals surface area contributed by atoms with Gasteiger partial charge in [0.15, 0.2) is 0 Å². The van der Waals surface area contributed by atoms with Crippen LogP contribution in [0.5, 0.6) is 11.5 Å². The summed E-state index contributed by atoms with van der Waals surface area (Å²) in [6.07, 6.45) is 5.63. The first-order chi connectivity index (χ1) is 24.5. The predicted molar refractivity (Wildman–Crippen MR) is 210 cm³/mol. The van der Waals surface area contributed by atoms with Crippen LogP contribution in [0.4, 0.5) is 11.6 Å². The molecule has 1 aliphatic heterocycles. The molecular weight excluding hydrogens is 701 g/mol. The van der Waals surface area contributed by atoms with Crippen molar-refractivity contribution in [3.8, 4) is 22.6 Å². The van der Waals surface area contributed by atoms with Crippen LogP contribution in [0.1, 0.15) is 55.7 Å². The molecule has 3 aromatic carbocycles. The number of rotatable bonds is 10. The van der Waals surface area contributed by atoms with E-state index in [4.69, 9.17) is 47.8 Å².